The van der Waals surface area contributed by atoms with Gasteiger partial charge in [0.1, 0.15) is 10.8 Å². The second-order valence-electron chi connectivity index (χ2n) is 8.48. The van der Waals surface area contributed by atoms with Crippen LogP contribution in [0.1, 0.15) is 48.2 Å². The van der Waals surface area contributed by atoms with Crippen LogP contribution < -0.4 is 16.0 Å². The molecule has 9 nitrogen and oxygen atoms in total. The Labute approximate surface area is 208 Å². The molecule has 3 rings (SSSR count). The molecule has 0 saturated heterocycles. The molecule has 0 spiro atoms. The molecule has 0 aliphatic rings. The number of anilines is 2. The molecule has 2 aromatic heterocycles. The van der Waals surface area contributed by atoms with Crippen molar-refractivity contribution in [2.75, 3.05) is 10.6 Å². The third-order valence-corrected chi connectivity index (χ3v) is 6.15. The molecule has 2 heterocycles. The van der Waals surface area contributed by atoms with Crippen LogP contribution in [-0.2, 0) is 22.4 Å². The van der Waals surface area contributed by atoms with Gasteiger partial charge in [0.15, 0.2) is 0 Å². The first-order valence-electron chi connectivity index (χ1n) is 11.3. The molecular formula is C25H29N5O4S. The lowest BCUT2D eigenvalue weighted by Crippen LogP contribution is -2.30. The second-order valence-corrected chi connectivity index (χ2v) is 9.62. The molecule has 35 heavy (non-hydrogen) atoms. The molecule has 184 valence electrons. The largest absolute Gasteiger partial charge is 0.481 e. The number of rotatable bonds is 11. The second kappa shape index (κ2) is 12.6. The topological polar surface area (TPSA) is 133 Å². The predicted molar refractivity (Wildman–Crippen MR) is 135 cm³/mol. The summed E-state index contributed by atoms with van der Waals surface area (Å²) in [5.74, 6) is -0.189. The van der Waals surface area contributed by atoms with E-state index in [0.29, 0.717) is 23.8 Å². The summed E-state index contributed by atoms with van der Waals surface area (Å²) >= 11 is 1.44. The number of aryl methyl sites for hydroxylation is 1. The SMILES string of the molecule is CC(C)CC(NC(=O)Cc1ccc(NC(=O)Nc2ccccn2)cc1)c1ncc(CCC(=O)O)s1. The summed E-state index contributed by atoms with van der Waals surface area (Å²) in [4.78, 5) is 45.1. The Kier molecular flexibility index (Phi) is 9.31. The Morgan fingerprint density at radius 3 is 2.46 bits per heavy atom. The minimum atomic E-state index is -0.845. The minimum absolute atomic E-state index is 0.0541. The molecule has 1 atom stereocenters. The molecule has 3 amide bonds. The number of thiazole rings is 1. The molecule has 0 aliphatic heterocycles. The lowest BCUT2D eigenvalue weighted by molar-refractivity contribution is -0.137. The number of hydrogen-bond donors (Lipinski definition) is 4. The highest BCUT2D eigenvalue weighted by Gasteiger charge is 2.20. The number of carbonyl (C=O) groups excluding carboxylic acids is 2. The number of pyridine rings is 1. The fourth-order valence-electron chi connectivity index (χ4n) is 3.37. The monoisotopic (exact) mass is 495 g/mol. The Bertz CT molecular complexity index is 1130. The molecule has 0 aliphatic carbocycles. The zero-order valence-electron chi connectivity index (χ0n) is 19.7. The van der Waals surface area contributed by atoms with Crippen LogP contribution >= 0.6 is 11.3 Å². The van der Waals surface area contributed by atoms with Crippen molar-refractivity contribution in [3.05, 3.63) is 70.3 Å². The van der Waals surface area contributed by atoms with Gasteiger partial charge in [0.2, 0.25) is 5.91 Å². The Morgan fingerprint density at radius 1 is 1.03 bits per heavy atom. The molecular weight excluding hydrogens is 466 g/mol. The van der Waals surface area contributed by atoms with E-state index in [1.54, 1.807) is 54.9 Å². The maximum atomic E-state index is 12.8. The van der Waals surface area contributed by atoms with Gasteiger partial charge in [-0.1, -0.05) is 32.0 Å². The Hall–Kier alpha value is -3.79. The van der Waals surface area contributed by atoms with Crippen LogP contribution in [0.3, 0.4) is 0 Å². The Balaban J connectivity index is 1.55. The number of nitrogens with zero attached hydrogens (tertiary/aromatic N) is 2. The fourth-order valence-corrected chi connectivity index (χ4v) is 4.36. The van der Waals surface area contributed by atoms with Crippen molar-refractivity contribution in [1.82, 2.24) is 15.3 Å². The number of aromatic nitrogens is 2. The molecule has 0 fully saturated rings. The van der Waals surface area contributed by atoms with E-state index in [2.05, 4.69) is 39.8 Å². The van der Waals surface area contributed by atoms with Crippen LogP contribution in [-0.4, -0.2) is 33.0 Å². The smallest absolute Gasteiger partial charge is 0.324 e. The van der Waals surface area contributed by atoms with Crippen molar-refractivity contribution in [3.63, 3.8) is 0 Å². The summed E-state index contributed by atoms with van der Waals surface area (Å²) in [5.41, 5.74) is 1.40. The number of carboxylic acids is 1. The number of nitrogens with one attached hydrogen (secondary N) is 3. The zero-order chi connectivity index (χ0) is 25.2. The number of benzene rings is 1. The maximum absolute atomic E-state index is 12.8. The zero-order valence-corrected chi connectivity index (χ0v) is 20.5. The normalized spacial score (nSPS) is 11.6. The van der Waals surface area contributed by atoms with Crippen molar-refractivity contribution in [2.45, 2.75) is 45.6 Å². The van der Waals surface area contributed by atoms with Gasteiger partial charge < -0.3 is 15.7 Å². The van der Waals surface area contributed by atoms with Crippen molar-refractivity contribution < 1.29 is 19.5 Å². The highest BCUT2D eigenvalue weighted by molar-refractivity contribution is 7.11. The number of urea groups is 1. The van der Waals surface area contributed by atoms with E-state index in [4.69, 9.17) is 5.11 Å². The first-order valence-corrected chi connectivity index (χ1v) is 12.1. The third kappa shape index (κ3) is 8.82. The summed E-state index contributed by atoms with van der Waals surface area (Å²) in [6.07, 6.45) is 4.68. The quantitative estimate of drug-likeness (QED) is 0.306. The van der Waals surface area contributed by atoms with Crippen molar-refractivity contribution >= 4 is 40.7 Å². The van der Waals surface area contributed by atoms with Gasteiger partial charge in [-0.2, -0.15) is 0 Å². The molecule has 0 saturated carbocycles. The molecule has 0 bridgehead atoms. The van der Waals surface area contributed by atoms with E-state index < -0.39 is 12.0 Å². The van der Waals surface area contributed by atoms with Crippen molar-refractivity contribution in [3.8, 4) is 0 Å². The van der Waals surface area contributed by atoms with Gasteiger partial charge in [0.25, 0.3) is 0 Å². The number of amides is 3. The van der Waals surface area contributed by atoms with Gasteiger partial charge in [-0.15, -0.1) is 11.3 Å². The number of aliphatic carboxylic acids is 1. The van der Waals surface area contributed by atoms with E-state index in [9.17, 15) is 14.4 Å². The molecule has 1 unspecified atom stereocenters. The highest BCUT2D eigenvalue weighted by Crippen LogP contribution is 2.26. The van der Waals surface area contributed by atoms with Gasteiger partial charge >= 0.3 is 12.0 Å². The van der Waals surface area contributed by atoms with Crippen LogP contribution in [0.2, 0.25) is 0 Å². The first-order chi connectivity index (χ1) is 16.8. The lowest BCUT2D eigenvalue weighted by Gasteiger charge is -2.18. The number of carboxylic acid groups (broad SMARTS) is 1. The average molecular weight is 496 g/mol. The minimum Gasteiger partial charge on any atom is -0.481 e. The first kappa shape index (κ1) is 25.8. The van der Waals surface area contributed by atoms with Gasteiger partial charge in [-0.25, -0.2) is 14.8 Å². The van der Waals surface area contributed by atoms with E-state index in [1.807, 2.05) is 0 Å². The van der Waals surface area contributed by atoms with Gasteiger partial charge in [-0.3, -0.25) is 14.9 Å². The van der Waals surface area contributed by atoms with Crippen LogP contribution in [0.15, 0.2) is 54.9 Å². The third-order valence-electron chi connectivity index (χ3n) is 4.98. The number of carbonyl (C=O) groups is 3. The lowest BCUT2D eigenvalue weighted by atomic mass is 10.0. The van der Waals surface area contributed by atoms with E-state index in [-0.39, 0.29) is 24.8 Å². The molecule has 0 radical (unpaired) electrons. The maximum Gasteiger partial charge on any atom is 0.324 e. The summed E-state index contributed by atoms with van der Waals surface area (Å²) < 4.78 is 0. The summed E-state index contributed by atoms with van der Waals surface area (Å²) in [6, 6.07) is 11.7. The van der Waals surface area contributed by atoms with Crippen LogP contribution in [0.25, 0.3) is 0 Å². The standard InChI is InChI=1S/C25H29N5O4S/c1-16(2)13-20(24-27-15-19(35-24)10-11-23(32)33)29-22(31)14-17-6-8-18(9-7-17)28-25(34)30-21-5-3-4-12-26-21/h3-9,12,15-16,20H,10-11,13-14H2,1-2H3,(H,29,31)(H,32,33)(H2,26,28,30,34). The summed E-state index contributed by atoms with van der Waals surface area (Å²) in [5, 5.41) is 18.1. The van der Waals surface area contributed by atoms with Crippen molar-refractivity contribution in [2.24, 2.45) is 5.92 Å². The highest BCUT2D eigenvalue weighted by atomic mass is 32.1. The van der Waals surface area contributed by atoms with Crippen molar-refractivity contribution in [1.29, 1.82) is 0 Å². The molecule has 3 aromatic rings. The van der Waals surface area contributed by atoms with Crippen LogP contribution in [0, 0.1) is 5.92 Å². The van der Waals surface area contributed by atoms with E-state index in [0.717, 1.165) is 21.9 Å². The van der Waals surface area contributed by atoms with E-state index >= 15 is 0 Å². The fraction of sp³-hybridized carbons (Fsp3) is 0.320. The molecule has 10 heteroatoms. The predicted octanol–water partition coefficient (Wildman–Crippen LogP) is 4.65. The molecule has 1 aromatic carbocycles. The summed E-state index contributed by atoms with van der Waals surface area (Å²) in [6.45, 7) is 4.15. The van der Waals surface area contributed by atoms with Gasteiger partial charge in [0.05, 0.1) is 18.9 Å². The van der Waals surface area contributed by atoms with Gasteiger partial charge in [-0.05, 0) is 48.6 Å². The van der Waals surface area contributed by atoms with Crippen LogP contribution in [0.4, 0.5) is 16.3 Å². The Morgan fingerprint density at radius 2 is 1.80 bits per heavy atom. The van der Waals surface area contributed by atoms with Crippen LogP contribution in [0.5, 0.6) is 0 Å². The molecule has 4 N–H and O–H groups in total. The summed E-state index contributed by atoms with van der Waals surface area (Å²) in [7, 11) is 0. The number of hydrogen-bond acceptors (Lipinski definition) is 6. The van der Waals surface area contributed by atoms with E-state index in [1.165, 1.54) is 11.3 Å². The average Bonchev–Trinajstić information content (AvgIpc) is 3.28. The van der Waals surface area contributed by atoms with Gasteiger partial charge in [0, 0.05) is 23.0 Å².